The molecule has 1 atom stereocenters. The van der Waals surface area contributed by atoms with E-state index in [-0.39, 0.29) is 17.4 Å². The normalized spacial score (nSPS) is 13.2. The van der Waals surface area contributed by atoms with Crippen LogP contribution in [-0.4, -0.2) is 5.91 Å². The molecule has 0 aromatic heterocycles. The summed E-state index contributed by atoms with van der Waals surface area (Å²) in [4.78, 5) is 12.0. The highest BCUT2D eigenvalue weighted by Gasteiger charge is 2.26. The van der Waals surface area contributed by atoms with Crippen LogP contribution >= 0.6 is 15.9 Å². The number of nitrogens with one attached hydrogen (secondary N) is 1. The first-order chi connectivity index (χ1) is 7.86. The molecule has 94 valence electrons. The number of carbonyl (C=O) groups excluding carboxylic acids is 1. The third-order valence-electron chi connectivity index (χ3n) is 3.22. The van der Waals surface area contributed by atoms with Gasteiger partial charge in [-0.2, -0.15) is 0 Å². The molecule has 1 unspecified atom stereocenters. The molecule has 17 heavy (non-hydrogen) atoms. The molecule has 0 saturated carbocycles. The molecule has 2 nitrogen and oxygen atoms in total. The van der Waals surface area contributed by atoms with Crippen molar-refractivity contribution in [2.75, 3.05) is 0 Å². The van der Waals surface area contributed by atoms with Crippen molar-refractivity contribution >= 4 is 21.8 Å². The van der Waals surface area contributed by atoms with Crippen molar-refractivity contribution in [1.29, 1.82) is 0 Å². The van der Waals surface area contributed by atoms with Gasteiger partial charge in [-0.05, 0) is 31.0 Å². The van der Waals surface area contributed by atoms with E-state index in [0.717, 1.165) is 16.5 Å². The first-order valence-electron chi connectivity index (χ1n) is 5.93. The molecule has 0 radical (unpaired) electrons. The molecule has 1 aromatic carbocycles. The fourth-order valence-electron chi connectivity index (χ4n) is 1.39. The summed E-state index contributed by atoms with van der Waals surface area (Å²) in [6, 6.07) is 8.06. The Kier molecular flexibility index (Phi) is 4.75. The van der Waals surface area contributed by atoms with Gasteiger partial charge in [-0.15, -0.1) is 0 Å². The van der Waals surface area contributed by atoms with Gasteiger partial charge in [0, 0.05) is 9.89 Å². The lowest BCUT2D eigenvalue weighted by atomic mass is 9.89. The van der Waals surface area contributed by atoms with Crippen LogP contribution in [-0.2, 0) is 4.79 Å². The summed E-state index contributed by atoms with van der Waals surface area (Å²) in [5.74, 6) is 0.107. The SMILES string of the molecule is CCC(C)(C)C(=O)NC(C)c1ccc(Br)cc1. The van der Waals surface area contributed by atoms with Gasteiger partial charge >= 0.3 is 0 Å². The van der Waals surface area contributed by atoms with Crippen LogP contribution in [0.15, 0.2) is 28.7 Å². The number of rotatable bonds is 4. The highest BCUT2D eigenvalue weighted by Crippen LogP contribution is 2.22. The van der Waals surface area contributed by atoms with E-state index in [1.54, 1.807) is 0 Å². The number of carbonyl (C=O) groups is 1. The molecule has 1 aromatic rings. The minimum atomic E-state index is -0.302. The Balaban J connectivity index is 2.70. The Morgan fingerprint density at radius 1 is 1.35 bits per heavy atom. The Bertz CT molecular complexity index is 384. The third kappa shape index (κ3) is 3.84. The molecule has 0 aliphatic heterocycles. The topological polar surface area (TPSA) is 29.1 Å². The predicted octanol–water partition coefficient (Wildman–Crippen LogP) is 4.06. The number of hydrogen-bond acceptors (Lipinski definition) is 1. The molecular formula is C14H20BrNO. The second-order valence-corrected chi connectivity index (χ2v) is 5.90. The smallest absolute Gasteiger partial charge is 0.226 e. The molecule has 3 heteroatoms. The number of amides is 1. The monoisotopic (exact) mass is 297 g/mol. The highest BCUT2D eigenvalue weighted by atomic mass is 79.9. The summed E-state index contributed by atoms with van der Waals surface area (Å²) in [6.45, 7) is 7.98. The van der Waals surface area contributed by atoms with E-state index in [0.29, 0.717) is 0 Å². The zero-order valence-electron chi connectivity index (χ0n) is 10.9. The standard InChI is InChI=1S/C14H20BrNO/c1-5-14(3,4)13(17)16-10(2)11-6-8-12(15)9-7-11/h6-10H,5H2,1-4H3,(H,16,17). The second-order valence-electron chi connectivity index (χ2n) is 4.98. The Morgan fingerprint density at radius 2 is 1.88 bits per heavy atom. The maximum absolute atomic E-state index is 12.0. The average molecular weight is 298 g/mol. The minimum absolute atomic E-state index is 0.0430. The average Bonchev–Trinajstić information content (AvgIpc) is 2.29. The summed E-state index contributed by atoms with van der Waals surface area (Å²) in [5.41, 5.74) is 0.817. The van der Waals surface area contributed by atoms with Crippen LogP contribution in [0.25, 0.3) is 0 Å². The molecule has 0 fully saturated rings. The lowest BCUT2D eigenvalue weighted by molar-refractivity contribution is -0.130. The van der Waals surface area contributed by atoms with E-state index in [4.69, 9.17) is 0 Å². The molecule has 1 N–H and O–H groups in total. The van der Waals surface area contributed by atoms with E-state index in [9.17, 15) is 4.79 Å². The van der Waals surface area contributed by atoms with E-state index >= 15 is 0 Å². The highest BCUT2D eigenvalue weighted by molar-refractivity contribution is 9.10. The number of hydrogen-bond donors (Lipinski definition) is 1. The van der Waals surface area contributed by atoms with Crippen molar-refractivity contribution in [3.8, 4) is 0 Å². The summed E-state index contributed by atoms with van der Waals surface area (Å²) < 4.78 is 1.05. The predicted molar refractivity (Wildman–Crippen MR) is 74.8 cm³/mol. The van der Waals surface area contributed by atoms with Crippen LogP contribution < -0.4 is 5.32 Å². The van der Waals surface area contributed by atoms with Crippen LogP contribution in [0.4, 0.5) is 0 Å². The summed E-state index contributed by atoms with van der Waals surface area (Å²) in [5, 5.41) is 3.05. The van der Waals surface area contributed by atoms with E-state index in [1.807, 2.05) is 52.0 Å². The van der Waals surface area contributed by atoms with Gasteiger partial charge in [-0.1, -0.05) is 48.8 Å². The lowest BCUT2D eigenvalue weighted by Gasteiger charge is -2.24. The van der Waals surface area contributed by atoms with E-state index < -0.39 is 0 Å². The fraction of sp³-hybridized carbons (Fsp3) is 0.500. The largest absolute Gasteiger partial charge is 0.349 e. The van der Waals surface area contributed by atoms with Gasteiger partial charge in [0.1, 0.15) is 0 Å². The van der Waals surface area contributed by atoms with E-state index in [1.165, 1.54) is 0 Å². The van der Waals surface area contributed by atoms with Crippen molar-refractivity contribution in [3.63, 3.8) is 0 Å². The van der Waals surface area contributed by atoms with Crippen LogP contribution in [0.5, 0.6) is 0 Å². The maximum atomic E-state index is 12.0. The van der Waals surface area contributed by atoms with E-state index in [2.05, 4.69) is 21.2 Å². The molecular weight excluding hydrogens is 278 g/mol. The third-order valence-corrected chi connectivity index (χ3v) is 3.74. The molecule has 0 aliphatic rings. The quantitative estimate of drug-likeness (QED) is 0.892. The first kappa shape index (κ1) is 14.2. The van der Waals surface area contributed by atoms with Crippen LogP contribution in [0.3, 0.4) is 0 Å². The number of halogens is 1. The maximum Gasteiger partial charge on any atom is 0.226 e. The van der Waals surface area contributed by atoms with Gasteiger partial charge in [0.15, 0.2) is 0 Å². The van der Waals surface area contributed by atoms with Crippen molar-refractivity contribution in [2.24, 2.45) is 5.41 Å². The van der Waals surface area contributed by atoms with Crippen molar-refractivity contribution in [3.05, 3.63) is 34.3 Å². The fourth-order valence-corrected chi connectivity index (χ4v) is 1.65. The summed E-state index contributed by atoms with van der Waals surface area (Å²) >= 11 is 3.40. The molecule has 0 bridgehead atoms. The molecule has 0 heterocycles. The van der Waals surface area contributed by atoms with Crippen molar-refractivity contribution < 1.29 is 4.79 Å². The van der Waals surface area contributed by atoms with Gasteiger partial charge in [-0.25, -0.2) is 0 Å². The van der Waals surface area contributed by atoms with Gasteiger partial charge in [0.25, 0.3) is 0 Å². The molecule has 1 amide bonds. The lowest BCUT2D eigenvalue weighted by Crippen LogP contribution is -2.37. The van der Waals surface area contributed by atoms with Gasteiger partial charge < -0.3 is 5.32 Å². The summed E-state index contributed by atoms with van der Waals surface area (Å²) in [7, 11) is 0. The molecule has 0 spiro atoms. The zero-order chi connectivity index (χ0) is 13.1. The minimum Gasteiger partial charge on any atom is -0.349 e. The van der Waals surface area contributed by atoms with Crippen molar-refractivity contribution in [2.45, 2.75) is 40.2 Å². The Labute approximate surface area is 112 Å². The zero-order valence-corrected chi connectivity index (χ0v) is 12.5. The van der Waals surface area contributed by atoms with Gasteiger partial charge in [0.2, 0.25) is 5.91 Å². The van der Waals surface area contributed by atoms with Gasteiger partial charge in [-0.3, -0.25) is 4.79 Å². The Hall–Kier alpha value is -0.830. The molecule has 0 saturated heterocycles. The number of benzene rings is 1. The van der Waals surface area contributed by atoms with Crippen LogP contribution in [0.1, 0.15) is 45.7 Å². The summed E-state index contributed by atoms with van der Waals surface area (Å²) in [6.07, 6.45) is 0.839. The van der Waals surface area contributed by atoms with Crippen molar-refractivity contribution in [1.82, 2.24) is 5.32 Å². The van der Waals surface area contributed by atoms with Gasteiger partial charge in [0.05, 0.1) is 6.04 Å². The first-order valence-corrected chi connectivity index (χ1v) is 6.72. The molecule has 0 aliphatic carbocycles. The molecule has 1 rings (SSSR count). The van der Waals surface area contributed by atoms with Crippen LogP contribution in [0, 0.1) is 5.41 Å². The van der Waals surface area contributed by atoms with Crippen LogP contribution in [0.2, 0.25) is 0 Å². The second kappa shape index (κ2) is 5.67. The Morgan fingerprint density at radius 3 is 2.35 bits per heavy atom.